The molecule has 0 radical (unpaired) electrons. The molecule has 156 valence electrons. The first-order valence-corrected chi connectivity index (χ1v) is 12.5. The van der Waals surface area contributed by atoms with Gasteiger partial charge in [-0.1, -0.05) is 37.7 Å². The summed E-state index contributed by atoms with van der Waals surface area (Å²) >= 11 is 3.50. The van der Waals surface area contributed by atoms with Crippen LogP contribution < -0.4 is 5.56 Å². The largest absolute Gasteiger partial charge is 0.268 e. The molecule has 1 aliphatic rings. The number of hydrogen-bond donors (Lipinski definition) is 0. The van der Waals surface area contributed by atoms with E-state index < -0.39 is 0 Å². The van der Waals surface area contributed by atoms with E-state index in [9.17, 15) is 4.79 Å². The maximum Gasteiger partial charge on any atom is 0.268 e. The Morgan fingerprint density at radius 3 is 2.83 bits per heavy atom. The second-order valence-electron chi connectivity index (χ2n) is 8.52. The highest BCUT2D eigenvalue weighted by Gasteiger charge is 2.25. The molecular formula is C23H26N4OS2. The zero-order valence-corrected chi connectivity index (χ0v) is 19.3. The van der Waals surface area contributed by atoms with Gasteiger partial charge in [-0.15, -0.1) is 21.5 Å². The zero-order valence-electron chi connectivity index (χ0n) is 17.6. The van der Waals surface area contributed by atoms with Crippen LogP contribution in [0.2, 0.25) is 0 Å². The summed E-state index contributed by atoms with van der Waals surface area (Å²) in [6.07, 6.45) is 5.53. The number of thioether (sulfide) groups is 1. The number of fused-ring (bicyclic) bond motifs is 5. The average molecular weight is 439 g/mol. The smallest absolute Gasteiger partial charge is 0.268 e. The van der Waals surface area contributed by atoms with Gasteiger partial charge in [0.25, 0.3) is 5.56 Å². The molecule has 0 saturated carbocycles. The minimum absolute atomic E-state index is 0.0358. The Labute approximate surface area is 184 Å². The van der Waals surface area contributed by atoms with E-state index in [0.29, 0.717) is 11.7 Å². The zero-order chi connectivity index (χ0) is 20.8. The van der Waals surface area contributed by atoms with Crippen LogP contribution in [0.1, 0.15) is 49.1 Å². The predicted octanol–water partition coefficient (Wildman–Crippen LogP) is 5.42. The molecule has 4 aromatic rings. The number of rotatable bonds is 5. The molecule has 3 aromatic heterocycles. The number of thiophene rings is 1. The summed E-state index contributed by atoms with van der Waals surface area (Å²) in [6, 6.07) is 8.08. The number of nitrogens with zero attached hydrogens (tertiary/aromatic N) is 4. The van der Waals surface area contributed by atoms with Crippen molar-refractivity contribution < 1.29 is 0 Å². The molecular weight excluding hydrogens is 412 g/mol. The Balaban J connectivity index is 1.81. The van der Waals surface area contributed by atoms with Gasteiger partial charge in [0.1, 0.15) is 4.83 Å². The van der Waals surface area contributed by atoms with Crippen molar-refractivity contribution in [2.24, 2.45) is 5.92 Å². The van der Waals surface area contributed by atoms with Crippen LogP contribution >= 0.6 is 23.1 Å². The van der Waals surface area contributed by atoms with Crippen molar-refractivity contribution in [3.05, 3.63) is 50.6 Å². The Hall–Kier alpha value is -2.12. The summed E-state index contributed by atoms with van der Waals surface area (Å²) < 4.78 is 3.89. The summed E-state index contributed by atoms with van der Waals surface area (Å²) in [7, 11) is 0. The summed E-state index contributed by atoms with van der Waals surface area (Å²) in [4.78, 5) is 16.2. The molecule has 0 unspecified atom stereocenters. The van der Waals surface area contributed by atoms with Crippen molar-refractivity contribution in [3.8, 4) is 5.69 Å². The van der Waals surface area contributed by atoms with Crippen LogP contribution in [0.3, 0.4) is 0 Å². The standard InChI is InChI=1S/C23H26N4OS2/c1-14(2)11-12-29-23-25-24-22-26(16-8-6-7-15(3)13-16)20(28)19-17-9-4-5-10-18(17)30-21(19)27(22)23/h6-8,13-14H,4-5,9-12H2,1-3H3. The highest BCUT2D eigenvalue weighted by atomic mass is 32.2. The van der Waals surface area contributed by atoms with Crippen molar-refractivity contribution >= 4 is 39.1 Å². The molecule has 0 fully saturated rings. The third-order valence-corrected chi connectivity index (χ3v) is 8.01. The lowest BCUT2D eigenvalue weighted by Crippen LogP contribution is -2.22. The fourth-order valence-electron chi connectivity index (χ4n) is 4.20. The first-order valence-electron chi connectivity index (χ1n) is 10.7. The van der Waals surface area contributed by atoms with Crippen molar-refractivity contribution in [1.29, 1.82) is 0 Å². The van der Waals surface area contributed by atoms with E-state index in [1.165, 1.54) is 16.9 Å². The molecule has 7 heteroatoms. The van der Waals surface area contributed by atoms with Crippen LogP contribution in [0.15, 0.2) is 34.2 Å². The van der Waals surface area contributed by atoms with E-state index in [2.05, 4.69) is 28.4 Å². The summed E-state index contributed by atoms with van der Waals surface area (Å²) in [5, 5.41) is 10.8. The van der Waals surface area contributed by atoms with E-state index in [1.807, 2.05) is 31.2 Å². The number of aryl methyl sites for hydroxylation is 3. The molecule has 0 spiro atoms. The van der Waals surface area contributed by atoms with E-state index in [1.54, 1.807) is 27.7 Å². The van der Waals surface area contributed by atoms with Crippen molar-refractivity contribution in [3.63, 3.8) is 0 Å². The van der Waals surface area contributed by atoms with Gasteiger partial charge in [0, 0.05) is 10.6 Å². The lowest BCUT2D eigenvalue weighted by Gasteiger charge is -2.12. The topological polar surface area (TPSA) is 52.2 Å². The van der Waals surface area contributed by atoms with Crippen molar-refractivity contribution in [2.45, 2.75) is 58.0 Å². The van der Waals surface area contributed by atoms with Crippen LogP contribution in [0, 0.1) is 12.8 Å². The number of aromatic nitrogens is 4. The monoisotopic (exact) mass is 438 g/mol. The summed E-state index contributed by atoms with van der Waals surface area (Å²) in [5.74, 6) is 2.26. The Kier molecular flexibility index (Phi) is 5.19. The third-order valence-electron chi connectivity index (χ3n) is 5.78. The van der Waals surface area contributed by atoms with Crippen LogP contribution in [0.25, 0.3) is 21.7 Å². The SMILES string of the molecule is Cc1cccc(-n2c(=O)c3c4c(sc3n3c(SCCC(C)C)nnc23)CCCC4)c1. The lowest BCUT2D eigenvalue weighted by molar-refractivity contribution is 0.631. The molecule has 0 saturated heterocycles. The van der Waals surface area contributed by atoms with Crippen LogP contribution in [-0.4, -0.2) is 24.9 Å². The molecule has 1 aromatic carbocycles. The fraction of sp³-hybridized carbons (Fsp3) is 0.435. The highest BCUT2D eigenvalue weighted by Crippen LogP contribution is 2.36. The van der Waals surface area contributed by atoms with Gasteiger partial charge in [-0.3, -0.25) is 4.79 Å². The van der Waals surface area contributed by atoms with Gasteiger partial charge in [-0.25, -0.2) is 8.97 Å². The third kappa shape index (κ3) is 3.28. The summed E-state index contributed by atoms with van der Waals surface area (Å²) in [5.41, 5.74) is 3.26. The molecule has 1 aliphatic carbocycles. The Morgan fingerprint density at radius 1 is 1.20 bits per heavy atom. The maximum absolute atomic E-state index is 13.8. The van der Waals surface area contributed by atoms with Gasteiger partial charge in [0.2, 0.25) is 5.78 Å². The Bertz CT molecular complexity index is 1300. The lowest BCUT2D eigenvalue weighted by atomic mass is 9.97. The van der Waals surface area contributed by atoms with E-state index in [4.69, 9.17) is 0 Å². The molecule has 0 N–H and O–H groups in total. The van der Waals surface area contributed by atoms with Crippen molar-refractivity contribution in [2.75, 3.05) is 5.75 Å². The van der Waals surface area contributed by atoms with Gasteiger partial charge < -0.3 is 0 Å². The van der Waals surface area contributed by atoms with E-state index in [-0.39, 0.29) is 5.56 Å². The normalized spacial score (nSPS) is 14.1. The highest BCUT2D eigenvalue weighted by molar-refractivity contribution is 7.99. The number of hydrogen-bond acceptors (Lipinski definition) is 5. The quantitative estimate of drug-likeness (QED) is 0.390. The molecule has 0 aliphatic heterocycles. The van der Waals surface area contributed by atoms with Gasteiger partial charge in [0.05, 0.1) is 11.1 Å². The molecule has 0 amide bonds. The summed E-state index contributed by atoms with van der Waals surface area (Å²) in [6.45, 7) is 6.53. The average Bonchev–Trinajstić information content (AvgIpc) is 3.29. The first-order chi connectivity index (χ1) is 14.5. The molecule has 5 rings (SSSR count). The van der Waals surface area contributed by atoms with Gasteiger partial charge in [0.15, 0.2) is 5.16 Å². The molecule has 0 atom stereocenters. The van der Waals surface area contributed by atoms with Crippen LogP contribution in [0.5, 0.6) is 0 Å². The minimum atomic E-state index is 0.0358. The molecule has 5 nitrogen and oxygen atoms in total. The fourth-order valence-corrected chi connectivity index (χ4v) is 6.81. The van der Waals surface area contributed by atoms with E-state index in [0.717, 1.165) is 58.1 Å². The van der Waals surface area contributed by atoms with Gasteiger partial charge in [-0.05, 0) is 68.2 Å². The minimum Gasteiger partial charge on any atom is -0.268 e. The molecule has 0 bridgehead atoms. The van der Waals surface area contributed by atoms with Crippen LogP contribution in [0.4, 0.5) is 0 Å². The predicted molar refractivity (Wildman–Crippen MR) is 126 cm³/mol. The van der Waals surface area contributed by atoms with Crippen molar-refractivity contribution in [1.82, 2.24) is 19.2 Å². The van der Waals surface area contributed by atoms with Gasteiger partial charge >= 0.3 is 0 Å². The second kappa shape index (κ2) is 7.85. The Morgan fingerprint density at radius 2 is 2.03 bits per heavy atom. The first kappa shape index (κ1) is 19.8. The number of benzene rings is 1. The van der Waals surface area contributed by atoms with Crippen LogP contribution in [-0.2, 0) is 12.8 Å². The molecule has 3 heterocycles. The maximum atomic E-state index is 13.8. The van der Waals surface area contributed by atoms with Gasteiger partial charge in [-0.2, -0.15) is 0 Å². The second-order valence-corrected chi connectivity index (χ2v) is 10.7. The van der Waals surface area contributed by atoms with E-state index >= 15 is 0 Å². The molecule has 30 heavy (non-hydrogen) atoms.